The molecule has 130 valence electrons. The third kappa shape index (κ3) is 4.09. The first-order chi connectivity index (χ1) is 11.6. The molecule has 0 saturated carbocycles. The van der Waals surface area contributed by atoms with Gasteiger partial charge in [0.2, 0.25) is 11.2 Å². The van der Waals surface area contributed by atoms with Gasteiger partial charge in [0, 0.05) is 43.8 Å². The number of rotatable bonds is 5. The number of imide groups is 1. The van der Waals surface area contributed by atoms with E-state index in [1.165, 1.54) is 12.3 Å². The Bertz CT molecular complexity index is 671. The van der Waals surface area contributed by atoms with Crippen LogP contribution < -0.4 is 15.5 Å². The van der Waals surface area contributed by atoms with Gasteiger partial charge in [-0.3, -0.25) is 19.4 Å². The van der Waals surface area contributed by atoms with Crippen molar-refractivity contribution in [2.75, 3.05) is 44.3 Å². The molecular weight excluding hydrogens is 334 g/mol. The van der Waals surface area contributed by atoms with Crippen LogP contribution in [0.15, 0.2) is 21.5 Å². The maximum atomic E-state index is 12.1. The molecule has 8 nitrogen and oxygen atoms in total. The molecule has 0 aromatic carbocycles. The largest absolute Gasteiger partial charge is 0.477 e. The fourth-order valence-electron chi connectivity index (χ4n) is 2.53. The molecule has 0 bridgehead atoms. The molecule has 2 aliphatic rings. The zero-order valence-electron chi connectivity index (χ0n) is 13.2. The lowest BCUT2D eigenvalue weighted by Crippen LogP contribution is -2.37. The zero-order chi connectivity index (χ0) is 16.9. The monoisotopic (exact) mass is 353 g/mol. The molecular formula is C15H19N3O5S. The predicted octanol–water partition coefficient (Wildman–Crippen LogP) is 0.119. The normalized spacial score (nSPS) is 18.5. The van der Waals surface area contributed by atoms with Crippen LogP contribution in [0.4, 0.5) is 4.79 Å². The van der Waals surface area contributed by atoms with Crippen molar-refractivity contribution >= 4 is 23.7 Å². The number of ether oxygens (including phenoxy) is 1. The maximum Gasteiger partial charge on any atom is 0.324 e. The molecule has 2 fully saturated rings. The number of thioether (sulfide) groups is 1. The SMILES string of the molecule is O=C(COc1coc(CN2CCSCC2)cc1=O)N1CCNC1=O. The second-order valence-corrected chi connectivity index (χ2v) is 6.75. The van der Waals surface area contributed by atoms with E-state index in [1.807, 2.05) is 11.8 Å². The van der Waals surface area contributed by atoms with Crippen molar-refractivity contribution in [1.82, 2.24) is 15.1 Å². The van der Waals surface area contributed by atoms with Crippen LogP contribution in [0, 0.1) is 0 Å². The Labute approximate surface area is 143 Å². The fourth-order valence-corrected chi connectivity index (χ4v) is 3.51. The number of carbonyl (C=O) groups excluding carboxylic acids is 2. The Balaban J connectivity index is 1.55. The summed E-state index contributed by atoms with van der Waals surface area (Å²) in [6.07, 6.45) is 1.23. The summed E-state index contributed by atoms with van der Waals surface area (Å²) in [7, 11) is 0. The first-order valence-electron chi connectivity index (χ1n) is 7.76. The Kier molecular flexibility index (Phi) is 5.41. The van der Waals surface area contributed by atoms with Gasteiger partial charge in [-0.1, -0.05) is 0 Å². The van der Waals surface area contributed by atoms with E-state index in [0.717, 1.165) is 29.5 Å². The molecule has 1 N–H and O–H groups in total. The Morgan fingerprint density at radius 3 is 2.75 bits per heavy atom. The lowest BCUT2D eigenvalue weighted by Gasteiger charge is -2.25. The second-order valence-electron chi connectivity index (χ2n) is 5.53. The summed E-state index contributed by atoms with van der Waals surface area (Å²) in [5.41, 5.74) is -0.332. The van der Waals surface area contributed by atoms with Crippen molar-refractivity contribution in [3.05, 3.63) is 28.3 Å². The third-order valence-corrected chi connectivity index (χ3v) is 4.79. The first kappa shape index (κ1) is 16.8. The number of hydrogen-bond donors (Lipinski definition) is 1. The number of urea groups is 1. The van der Waals surface area contributed by atoms with E-state index in [0.29, 0.717) is 25.4 Å². The lowest BCUT2D eigenvalue weighted by atomic mass is 10.3. The quantitative estimate of drug-likeness (QED) is 0.804. The number of amides is 3. The number of nitrogens with one attached hydrogen (secondary N) is 1. The van der Waals surface area contributed by atoms with Gasteiger partial charge in [0.15, 0.2) is 6.61 Å². The van der Waals surface area contributed by atoms with Crippen molar-refractivity contribution < 1.29 is 18.7 Å². The summed E-state index contributed by atoms with van der Waals surface area (Å²) in [5.74, 6) is 2.22. The van der Waals surface area contributed by atoms with Crippen LogP contribution in [0.25, 0.3) is 0 Å². The Hall–Kier alpha value is -2.00. The van der Waals surface area contributed by atoms with E-state index in [-0.39, 0.29) is 17.8 Å². The van der Waals surface area contributed by atoms with Crippen molar-refractivity contribution in [2.24, 2.45) is 0 Å². The molecule has 2 saturated heterocycles. The Morgan fingerprint density at radius 1 is 1.29 bits per heavy atom. The van der Waals surface area contributed by atoms with Gasteiger partial charge in [0.05, 0.1) is 6.54 Å². The first-order valence-corrected chi connectivity index (χ1v) is 8.92. The van der Waals surface area contributed by atoms with Crippen molar-refractivity contribution in [1.29, 1.82) is 0 Å². The van der Waals surface area contributed by atoms with Gasteiger partial charge < -0.3 is 14.5 Å². The molecule has 3 amide bonds. The van der Waals surface area contributed by atoms with Gasteiger partial charge in [0.25, 0.3) is 5.91 Å². The summed E-state index contributed by atoms with van der Waals surface area (Å²) >= 11 is 1.92. The minimum atomic E-state index is -0.487. The Morgan fingerprint density at radius 2 is 2.08 bits per heavy atom. The second kappa shape index (κ2) is 7.71. The minimum absolute atomic E-state index is 0.0269. The summed E-state index contributed by atoms with van der Waals surface area (Å²) in [6.45, 7) is 2.89. The van der Waals surface area contributed by atoms with E-state index < -0.39 is 11.9 Å². The van der Waals surface area contributed by atoms with Crippen molar-refractivity contribution in [3.8, 4) is 5.75 Å². The van der Waals surface area contributed by atoms with Crippen LogP contribution in [0.5, 0.6) is 5.75 Å². The maximum absolute atomic E-state index is 12.1. The lowest BCUT2D eigenvalue weighted by molar-refractivity contribution is -0.129. The fraction of sp³-hybridized carbons (Fsp3) is 0.533. The van der Waals surface area contributed by atoms with Crippen LogP contribution in [0.3, 0.4) is 0 Å². The van der Waals surface area contributed by atoms with Crippen LogP contribution in [-0.2, 0) is 11.3 Å². The van der Waals surface area contributed by atoms with Crippen LogP contribution in [-0.4, -0.2) is 66.0 Å². The summed E-state index contributed by atoms with van der Waals surface area (Å²) in [4.78, 5) is 38.6. The van der Waals surface area contributed by atoms with E-state index in [2.05, 4.69) is 10.2 Å². The zero-order valence-corrected chi connectivity index (χ0v) is 14.0. The standard InChI is InChI=1S/C15H19N3O5S/c19-12-7-11(8-17-3-5-24-6-4-17)22-9-13(12)23-10-14(20)18-2-1-16-15(18)21/h7,9H,1-6,8,10H2,(H,16,21). The number of carbonyl (C=O) groups is 2. The molecule has 0 aliphatic carbocycles. The highest BCUT2D eigenvalue weighted by Crippen LogP contribution is 2.13. The molecule has 2 aliphatic heterocycles. The topological polar surface area (TPSA) is 92.1 Å². The van der Waals surface area contributed by atoms with Crippen molar-refractivity contribution in [3.63, 3.8) is 0 Å². The molecule has 1 aromatic heterocycles. The van der Waals surface area contributed by atoms with Crippen LogP contribution in [0.2, 0.25) is 0 Å². The molecule has 9 heteroatoms. The molecule has 0 spiro atoms. The summed E-state index contributed by atoms with van der Waals surface area (Å²) in [5, 5.41) is 2.53. The predicted molar refractivity (Wildman–Crippen MR) is 88.2 cm³/mol. The third-order valence-electron chi connectivity index (χ3n) is 3.84. The molecule has 3 heterocycles. The molecule has 1 aromatic rings. The average Bonchev–Trinajstić information content (AvgIpc) is 3.01. The summed E-state index contributed by atoms with van der Waals surface area (Å²) in [6, 6.07) is 0.954. The van der Waals surface area contributed by atoms with Crippen molar-refractivity contribution in [2.45, 2.75) is 6.54 Å². The van der Waals surface area contributed by atoms with Crippen LogP contribution in [0.1, 0.15) is 5.76 Å². The molecule has 3 rings (SSSR count). The van der Waals surface area contributed by atoms with Gasteiger partial charge in [-0.15, -0.1) is 0 Å². The average molecular weight is 353 g/mol. The van der Waals surface area contributed by atoms with Gasteiger partial charge in [-0.2, -0.15) is 11.8 Å². The number of nitrogens with zero attached hydrogens (tertiary/aromatic N) is 2. The van der Waals surface area contributed by atoms with E-state index in [1.54, 1.807) is 0 Å². The van der Waals surface area contributed by atoms with Gasteiger partial charge in [-0.05, 0) is 0 Å². The molecule has 0 atom stereocenters. The highest BCUT2D eigenvalue weighted by molar-refractivity contribution is 7.99. The number of hydrogen-bond acceptors (Lipinski definition) is 7. The van der Waals surface area contributed by atoms with E-state index in [4.69, 9.17) is 9.15 Å². The highest BCUT2D eigenvalue weighted by Gasteiger charge is 2.26. The molecule has 0 unspecified atom stereocenters. The van der Waals surface area contributed by atoms with Gasteiger partial charge in [0.1, 0.15) is 12.0 Å². The van der Waals surface area contributed by atoms with Crippen LogP contribution >= 0.6 is 11.8 Å². The summed E-state index contributed by atoms with van der Waals surface area (Å²) < 4.78 is 10.7. The molecule has 0 radical (unpaired) electrons. The van der Waals surface area contributed by atoms with E-state index >= 15 is 0 Å². The minimum Gasteiger partial charge on any atom is -0.477 e. The van der Waals surface area contributed by atoms with E-state index in [9.17, 15) is 14.4 Å². The van der Waals surface area contributed by atoms with Gasteiger partial charge in [-0.25, -0.2) is 4.79 Å². The molecule has 24 heavy (non-hydrogen) atoms. The van der Waals surface area contributed by atoms with Gasteiger partial charge >= 0.3 is 6.03 Å². The highest BCUT2D eigenvalue weighted by atomic mass is 32.2. The smallest absolute Gasteiger partial charge is 0.324 e.